The summed E-state index contributed by atoms with van der Waals surface area (Å²) in [5.41, 5.74) is 0.00886. The van der Waals surface area contributed by atoms with Gasteiger partial charge in [-0.2, -0.15) is 0 Å². The maximum Gasteiger partial charge on any atom is 0.342 e. The minimum Gasteiger partial charge on any atom is -0.477 e. The maximum atomic E-state index is 13.0. The number of aromatic carboxylic acids is 1. The van der Waals surface area contributed by atoms with Crippen LogP contribution in [-0.2, 0) is 0 Å². The van der Waals surface area contributed by atoms with Crippen LogP contribution in [0.4, 0.5) is 21.5 Å². The van der Waals surface area contributed by atoms with Crippen LogP contribution >= 0.6 is 22.6 Å². The van der Waals surface area contributed by atoms with Gasteiger partial charge in [-0.15, -0.1) is 0 Å². The number of carboxylic acid groups (broad SMARTS) is 1. The zero-order valence-electron chi connectivity index (χ0n) is 10.3. The third-order valence-electron chi connectivity index (χ3n) is 2.63. The molecule has 0 aliphatic carbocycles. The molecule has 0 saturated carbocycles. The van der Waals surface area contributed by atoms with Crippen molar-refractivity contribution in [1.29, 1.82) is 0 Å². The van der Waals surface area contributed by atoms with E-state index in [-0.39, 0.29) is 5.56 Å². The molecular formula is C13H8FIN2O4. The van der Waals surface area contributed by atoms with E-state index in [1.807, 2.05) is 22.6 Å². The van der Waals surface area contributed by atoms with E-state index in [2.05, 4.69) is 5.32 Å². The Morgan fingerprint density at radius 3 is 2.57 bits per heavy atom. The SMILES string of the molecule is O=C(O)c1ccc(Nc2ccc(F)cc2I)cc1[N+](=O)[O-]. The number of halogens is 2. The molecule has 2 aromatic rings. The summed E-state index contributed by atoms with van der Waals surface area (Å²) < 4.78 is 13.6. The molecule has 0 spiro atoms. The van der Waals surface area contributed by atoms with Gasteiger partial charge in [-0.05, 0) is 52.9 Å². The summed E-state index contributed by atoms with van der Waals surface area (Å²) >= 11 is 1.92. The number of hydrogen-bond acceptors (Lipinski definition) is 4. The van der Waals surface area contributed by atoms with Gasteiger partial charge in [-0.25, -0.2) is 9.18 Å². The van der Waals surface area contributed by atoms with Gasteiger partial charge in [0.15, 0.2) is 0 Å². The molecule has 0 unspecified atom stereocenters. The Hall–Kier alpha value is -2.23. The van der Waals surface area contributed by atoms with Crippen molar-refractivity contribution in [2.75, 3.05) is 5.32 Å². The van der Waals surface area contributed by atoms with Crippen molar-refractivity contribution in [3.8, 4) is 0 Å². The van der Waals surface area contributed by atoms with Gasteiger partial charge in [-0.1, -0.05) is 0 Å². The summed E-state index contributed by atoms with van der Waals surface area (Å²) in [6, 6.07) is 7.75. The number of nitro groups is 1. The molecule has 0 aliphatic heterocycles. The van der Waals surface area contributed by atoms with Crippen molar-refractivity contribution in [1.82, 2.24) is 0 Å². The van der Waals surface area contributed by atoms with Gasteiger partial charge in [0, 0.05) is 15.3 Å². The average molecular weight is 402 g/mol. The summed E-state index contributed by atoms with van der Waals surface area (Å²) in [5, 5.41) is 22.7. The van der Waals surface area contributed by atoms with Crippen LogP contribution in [0.25, 0.3) is 0 Å². The number of nitrogens with zero attached hydrogens (tertiary/aromatic N) is 1. The molecule has 108 valence electrons. The lowest BCUT2D eigenvalue weighted by Crippen LogP contribution is -2.03. The Morgan fingerprint density at radius 2 is 2.00 bits per heavy atom. The largest absolute Gasteiger partial charge is 0.477 e. The topological polar surface area (TPSA) is 92.5 Å². The normalized spacial score (nSPS) is 10.2. The van der Waals surface area contributed by atoms with Crippen LogP contribution in [-0.4, -0.2) is 16.0 Å². The lowest BCUT2D eigenvalue weighted by molar-refractivity contribution is -0.385. The summed E-state index contributed by atoms with van der Waals surface area (Å²) in [5.74, 6) is -1.76. The number of hydrogen-bond donors (Lipinski definition) is 2. The fourth-order valence-corrected chi connectivity index (χ4v) is 2.30. The van der Waals surface area contributed by atoms with Crippen molar-refractivity contribution in [3.05, 3.63) is 61.5 Å². The van der Waals surface area contributed by atoms with E-state index >= 15 is 0 Å². The highest BCUT2D eigenvalue weighted by Crippen LogP contribution is 2.28. The lowest BCUT2D eigenvalue weighted by Gasteiger charge is -2.09. The zero-order chi connectivity index (χ0) is 15.6. The first-order chi connectivity index (χ1) is 9.88. The molecule has 6 nitrogen and oxygen atoms in total. The van der Waals surface area contributed by atoms with E-state index < -0.39 is 22.4 Å². The predicted octanol–water partition coefficient (Wildman–Crippen LogP) is 3.78. The van der Waals surface area contributed by atoms with Crippen molar-refractivity contribution in [2.45, 2.75) is 0 Å². The minimum atomic E-state index is -1.37. The molecule has 2 N–H and O–H groups in total. The molecule has 0 aromatic heterocycles. The van der Waals surface area contributed by atoms with E-state index in [1.165, 1.54) is 24.3 Å². The second-order valence-electron chi connectivity index (χ2n) is 4.04. The van der Waals surface area contributed by atoms with Crippen LogP contribution in [0.15, 0.2) is 36.4 Å². The summed E-state index contributed by atoms with van der Waals surface area (Å²) in [4.78, 5) is 21.1. The number of carbonyl (C=O) groups is 1. The molecule has 0 amide bonds. The third-order valence-corrected chi connectivity index (χ3v) is 3.53. The second kappa shape index (κ2) is 6.04. The van der Waals surface area contributed by atoms with Crippen molar-refractivity contribution in [3.63, 3.8) is 0 Å². The van der Waals surface area contributed by atoms with Crippen LogP contribution in [0, 0.1) is 19.5 Å². The second-order valence-corrected chi connectivity index (χ2v) is 5.21. The van der Waals surface area contributed by atoms with Gasteiger partial charge in [0.05, 0.1) is 10.6 Å². The van der Waals surface area contributed by atoms with E-state index in [0.29, 0.717) is 14.9 Å². The number of carboxylic acids is 1. The minimum absolute atomic E-state index is 0.344. The quantitative estimate of drug-likeness (QED) is 0.462. The Labute approximate surface area is 131 Å². The molecule has 8 heteroatoms. The highest BCUT2D eigenvalue weighted by Gasteiger charge is 2.20. The predicted molar refractivity (Wildman–Crippen MR) is 82.5 cm³/mol. The third kappa shape index (κ3) is 3.45. The molecule has 21 heavy (non-hydrogen) atoms. The van der Waals surface area contributed by atoms with Crippen LogP contribution in [0.5, 0.6) is 0 Å². The highest BCUT2D eigenvalue weighted by molar-refractivity contribution is 14.1. The smallest absolute Gasteiger partial charge is 0.342 e. The Bertz CT molecular complexity index is 736. The van der Waals surface area contributed by atoms with Crippen molar-refractivity contribution < 1.29 is 19.2 Å². The first-order valence-corrected chi connectivity index (χ1v) is 6.70. The molecule has 0 fully saturated rings. The van der Waals surface area contributed by atoms with Crippen LogP contribution in [0.1, 0.15) is 10.4 Å². The number of benzene rings is 2. The highest BCUT2D eigenvalue weighted by atomic mass is 127. The van der Waals surface area contributed by atoms with E-state index in [4.69, 9.17) is 5.11 Å². The molecule has 0 atom stereocenters. The molecular weight excluding hydrogens is 394 g/mol. The average Bonchev–Trinajstić information content (AvgIpc) is 2.41. The van der Waals surface area contributed by atoms with Crippen molar-refractivity contribution in [2.24, 2.45) is 0 Å². The molecule has 0 heterocycles. The summed E-state index contributed by atoms with van der Waals surface area (Å²) in [6.45, 7) is 0. The van der Waals surface area contributed by atoms with Gasteiger partial charge in [-0.3, -0.25) is 10.1 Å². The monoisotopic (exact) mass is 402 g/mol. The fourth-order valence-electron chi connectivity index (χ4n) is 1.69. The molecule has 2 rings (SSSR count). The molecule has 2 aromatic carbocycles. The Morgan fingerprint density at radius 1 is 1.29 bits per heavy atom. The van der Waals surface area contributed by atoms with Crippen LogP contribution in [0.2, 0.25) is 0 Å². The first-order valence-electron chi connectivity index (χ1n) is 5.62. The van der Waals surface area contributed by atoms with Gasteiger partial charge >= 0.3 is 5.97 Å². The standard InChI is InChI=1S/C13H8FIN2O4/c14-7-1-4-11(10(15)5-7)16-8-2-3-9(13(18)19)12(6-8)17(20)21/h1-6,16H,(H,18,19). The molecule has 0 saturated heterocycles. The van der Waals surface area contributed by atoms with Gasteiger partial charge in [0.1, 0.15) is 11.4 Å². The molecule has 0 bridgehead atoms. The first kappa shape index (κ1) is 15.2. The van der Waals surface area contributed by atoms with E-state index in [9.17, 15) is 19.3 Å². The van der Waals surface area contributed by atoms with Crippen molar-refractivity contribution >= 4 is 45.6 Å². The van der Waals surface area contributed by atoms with Crippen LogP contribution in [0.3, 0.4) is 0 Å². The Kier molecular flexibility index (Phi) is 4.36. The van der Waals surface area contributed by atoms with E-state index in [1.54, 1.807) is 0 Å². The Balaban J connectivity index is 2.39. The summed E-state index contributed by atoms with van der Waals surface area (Å²) in [6.07, 6.45) is 0. The fraction of sp³-hybridized carbons (Fsp3) is 0. The van der Waals surface area contributed by atoms with Gasteiger partial charge in [0.2, 0.25) is 0 Å². The molecule has 0 aliphatic rings. The lowest BCUT2D eigenvalue weighted by atomic mass is 10.1. The maximum absolute atomic E-state index is 13.0. The van der Waals surface area contributed by atoms with Gasteiger partial charge < -0.3 is 10.4 Å². The number of nitrogens with one attached hydrogen (secondary N) is 1. The van der Waals surface area contributed by atoms with Crippen LogP contribution < -0.4 is 5.32 Å². The molecule has 0 radical (unpaired) electrons. The number of rotatable bonds is 4. The van der Waals surface area contributed by atoms with Gasteiger partial charge in [0.25, 0.3) is 5.69 Å². The number of anilines is 2. The summed E-state index contributed by atoms with van der Waals surface area (Å²) in [7, 11) is 0. The van der Waals surface area contributed by atoms with E-state index in [0.717, 1.165) is 12.1 Å². The number of nitro benzene ring substituents is 1. The zero-order valence-corrected chi connectivity index (χ0v) is 12.5.